The van der Waals surface area contributed by atoms with Gasteiger partial charge in [-0.05, 0) is 12.0 Å². The molecule has 0 aromatic carbocycles. The van der Waals surface area contributed by atoms with Crippen molar-refractivity contribution in [3.63, 3.8) is 0 Å². The number of fused-ring (bicyclic) bond motifs is 1. The number of aryl methyl sites for hydroxylation is 1. The molecule has 1 aromatic heterocycles. The fourth-order valence-electron chi connectivity index (χ4n) is 1.68. The number of allylic oxidation sites excluding steroid dienone is 1. The number of hydrogen-bond acceptors (Lipinski definition) is 2. The van der Waals surface area contributed by atoms with Crippen LogP contribution in [0.5, 0.6) is 0 Å². The summed E-state index contributed by atoms with van der Waals surface area (Å²) < 4.78 is 1.79. The van der Waals surface area contributed by atoms with Crippen LogP contribution in [0.25, 0.3) is 5.57 Å². The standard InChI is InChI=1S/C9H8Cl2N2O/c1-13-8-6(4-12-13)5(9(10)11)2-3-7(8)14/h4H,2-3H2,1H3. The van der Waals surface area contributed by atoms with E-state index in [4.69, 9.17) is 23.2 Å². The fourth-order valence-corrected chi connectivity index (χ4v) is 2.07. The highest BCUT2D eigenvalue weighted by atomic mass is 35.5. The van der Waals surface area contributed by atoms with Crippen LogP contribution in [0, 0.1) is 0 Å². The third-order valence-corrected chi connectivity index (χ3v) is 2.81. The van der Waals surface area contributed by atoms with E-state index in [0.717, 1.165) is 11.1 Å². The smallest absolute Gasteiger partial charge is 0.181 e. The van der Waals surface area contributed by atoms with Crippen LogP contribution in [0.1, 0.15) is 28.9 Å². The molecular weight excluding hydrogens is 223 g/mol. The predicted molar refractivity (Wildman–Crippen MR) is 55.4 cm³/mol. The molecule has 3 nitrogen and oxygen atoms in total. The number of hydrogen-bond donors (Lipinski definition) is 0. The lowest BCUT2D eigenvalue weighted by atomic mass is 9.93. The molecule has 1 aliphatic carbocycles. The third-order valence-electron chi connectivity index (χ3n) is 2.36. The molecule has 1 aliphatic rings. The molecule has 5 heteroatoms. The van der Waals surface area contributed by atoms with Gasteiger partial charge in [0.2, 0.25) is 0 Å². The second-order valence-electron chi connectivity index (χ2n) is 3.19. The molecule has 0 N–H and O–H groups in total. The SMILES string of the molecule is Cn1ncc2c1C(=O)CCC2=C(Cl)Cl. The zero-order valence-corrected chi connectivity index (χ0v) is 9.06. The molecule has 0 unspecified atom stereocenters. The van der Waals surface area contributed by atoms with Gasteiger partial charge in [-0.25, -0.2) is 0 Å². The first-order valence-corrected chi connectivity index (χ1v) is 4.96. The van der Waals surface area contributed by atoms with Crippen LogP contribution in [-0.2, 0) is 7.05 Å². The van der Waals surface area contributed by atoms with Crippen molar-refractivity contribution in [3.05, 3.63) is 21.9 Å². The minimum Gasteiger partial charge on any atom is -0.292 e. The summed E-state index contributed by atoms with van der Waals surface area (Å²) in [5.74, 6) is 0.0957. The van der Waals surface area contributed by atoms with Gasteiger partial charge in [-0.1, -0.05) is 23.2 Å². The number of Topliss-reactive ketones (excluding diaryl/α,β-unsaturated/α-hetero) is 1. The van der Waals surface area contributed by atoms with E-state index in [0.29, 0.717) is 18.5 Å². The van der Waals surface area contributed by atoms with E-state index in [2.05, 4.69) is 5.10 Å². The van der Waals surface area contributed by atoms with E-state index in [-0.39, 0.29) is 10.3 Å². The normalized spacial score (nSPS) is 15.6. The van der Waals surface area contributed by atoms with Crippen molar-refractivity contribution in [1.29, 1.82) is 0 Å². The summed E-state index contributed by atoms with van der Waals surface area (Å²) in [6.07, 6.45) is 2.68. The maximum atomic E-state index is 11.6. The van der Waals surface area contributed by atoms with E-state index in [1.807, 2.05) is 0 Å². The molecule has 0 atom stereocenters. The molecule has 1 heterocycles. The Balaban J connectivity index is 2.66. The van der Waals surface area contributed by atoms with Crippen LogP contribution >= 0.6 is 23.2 Å². The monoisotopic (exact) mass is 230 g/mol. The number of halogens is 2. The first-order chi connectivity index (χ1) is 6.61. The third kappa shape index (κ3) is 1.37. The van der Waals surface area contributed by atoms with Gasteiger partial charge in [0.1, 0.15) is 10.2 Å². The van der Waals surface area contributed by atoms with Gasteiger partial charge in [0.25, 0.3) is 0 Å². The van der Waals surface area contributed by atoms with Crippen molar-refractivity contribution in [1.82, 2.24) is 9.78 Å². The highest BCUT2D eigenvalue weighted by Crippen LogP contribution is 2.35. The van der Waals surface area contributed by atoms with Gasteiger partial charge in [-0.3, -0.25) is 9.48 Å². The van der Waals surface area contributed by atoms with Crippen molar-refractivity contribution in [2.24, 2.45) is 7.05 Å². The van der Waals surface area contributed by atoms with E-state index in [1.54, 1.807) is 17.9 Å². The molecule has 0 saturated heterocycles. The lowest BCUT2D eigenvalue weighted by Gasteiger charge is -2.14. The summed E-state index contributed by atoms with van der Waals surface area (Å²) in [4.78, 5) is 11.6. The summed E-state index contributed by atoms with van der Waals surface area (Å²) in [5.41, 5.74) is 2.19. The highest BCUT2D eigenvalue weighted by Gasteiger charge is 2.26. The van der Waals surface area contributed by atoms with Gasteiger partial charge in [-0.2, -0.15) is 5.10 Å². The Morgan fingerprint density at radius 3 is 2.86 bits per heavy atom. The van der Waals surface area contributed by atoms with Crippen LogP contribution in [0.2, 0.25) is 0 Å². The number of rotatable bonds is 0. The zero-order valence-electron chi connectivity index (χ0n) is 7.55. The number of aromatic nitrogens is 2. The molecule has 0 radical (unpaired) electrons. The molecule has 0 spiro atoms. The fraction of sp³-hybridized carbons (Fsp3) is 0.333. The minimum absolute atomic E-state index is 0.0957. The lowest BCUT2D eigenvalue weighted by molar-refractivity contribution is 0.0971. The molecule has 74 valence electrons. The van der Waals surface area contributed by atoms with Gasteiger partial charge in [0.05, 0.1) is 6.20 Å². The average molecular weight is 231 g/mol. The van der Waals surface area contributed by atoms with Gasteiger partial charge in [-0.15, -0.1) is 0 Å². The van der Waals surface area contributed by atoms with Crippen molar-refractivity contribution in [3.8, 4) is 0 Å². The molecule has 0 fully saturated rings. The van der Waals surface area contributed by atoms with E-state index < -0.39 is 0 Å². The Labute approximate surface area is 91.3 Å². The van der Waals surface area contributed by atoms with E-state index >= 15 is 0 Å². The maximum Gasteiger partial charge on any atom is 0.181 e. The van der Waals surface area contributed by atoms with Crippen LogP contribution < -0.4 is 0 Å². The summed E-state index contributed by atoms with van der Waals surface area (Å²) in [6, 6.07) is 0. The average Bonchev–Trinajstić information content (AvgIpc) is 2.49. The Morgan fingerprint density at radius 1 is 1.50 bits per heavy atom. The van der Waals surface area contributed by atoms with Crippen LogP contribution in [0.15, 0.2) is 10.7 Å². The van der Waals surface area contributed by atoms with Gasteiger partial charge in [0, 0.05) is 19.0 Å². The maximum absolute atomic E-state index is 11.6. The van der Waals surface area contributed by atoms with E-state index in [9.17, 15) is 4.79 Å². The van der Waals surface area contributed by atoms with Crippen molar-refractivity contribution in [2.45, 2.75) is 12.8 Å². The van der Waals surface area contributed by atoms with Crippen molar-refractivity contribution >= 4 is 34.6 Å². The summed E-state index contributed by atoms with van der Waals surface area (Å²) in [7, 11) is 1.74. The molecule has 0 bridgehead atoms. The van der Waals surface area contributed by atoms with Gasteiger partial charge < -0.3 is 0 Å². The van der Waals surface area contributed by atoms with Gasteiger partial charge >= 0.3 is 0 Å². The molecule has 14 heavy (non-hydrogen) atoms. The number of carbonyl (C=O) groups excluding carboxylic acids is 1. The summed E-state index contributed by atoms with van der Waals surface area (Å²) >= 11 is 11.5. The van der Waals surface area contributed by atoms with Crippen LogP contribution in [-0.4, -0.2) is 15.6 Å². The molecule has 1 aromatic rings. The van der Waals surface area contributed by atoms with Crippen molar-refractivity contribution in [2.75, 3.05) is 0 Å². The first-order valence-electron chi connectivity index (χ1n) is 4.21. The number of ketones is 1. The van der Waals surface area contributed by atoms with Crippen LogP contribution in [0.3, 0.4) is 0 Å². The Hall–Kier alpha value is -0.800. The van der Waals surface area contributed by atoms with E-state index in [1.165, 1.54) is 0 Å². The molecule has 2 rings (SSSR count). The Kier molecular flexibility index (Phi) is 2.37. The quantitative estimate of drug-likeness (QED) is 0.687. The molecule has 0 saturated carbocycles. The zero-order chi connectivity index (χ0) is 10.3. The molecule has 0 aliphatic heterocycles. The van der Waals surface area contributed by atoms with Crippen molar-refractivity contribution < 1.29 is 4.79 Å². The lowest BCUT2D eigenvalue weighted by Crippen LogP contribution is -2.13. The van der Waals surface area contributed by atoms with Gasteiger partial charge in [0.15, 0.2) is 5.78 Å². The topological polar surface area (TPSA) is 34.9 Å². The Bertz CT molecular complexity index is 430. The summed E-state index contributed by atoms with van der Waals surface area (Å²) in [5, 5.41) is 4.03. The van der Waals surface area contributed by atoms with Crippen LogP contribution in [0.4, 0.5) is 0 Å². The largest absolute Gasteiger partial charge is 0.292 e. The predicted octanol–water partition coefficient (Wildman–Crippen LogP) is 2.54. The number of carbonyl (C=O) groups is 1. The Morgan fingerprint density at radius 2 is 2.21 bits per heavy atom. The second kappa shape index (κ2) is 3.41. The number of nitrogens with zero attached hydrogens (tertiary/aromatic N) is 2. The second-order valence-corrected chi connectivity index (χ2v) is 4.14. The minimum atomic E-state index is 0.0957. The highest BCUT2D eigenvalue weighted by molar-refractivity contribution is 6.58. The first kappa shape index (κ1) is 9.74. The molecule has 0 amide bonds. The summed E-state index contributed by atoms with van der Waals surface area (Å²) in [6.45, 7) is 0. The molecular formula is C9H8Cl2N2O.